The SMILES string of the molecule is CC(=O)OC[C@@H]1O[C@H](n2cc(C(F)(F)F)c(=O)[nH]c2=O)C(OC(C)=O)C1OC(C)=O. The Labute approximate surface area is 165 Å². The monoisotopic (exact) mass is 438 g/mol. The number of alkyl halides is 3. The van der Waals surface area contributed by atoms with E-state index in [1.807, 2.05) is 0 Å². The molecule has 166 valence electrons. The first-order valence-corrected chi connectivity index (χ1v) is 8.37. The minimum absolute atomic E-state index is 0.196. The predicted molar refractivity (Wildman–Crippen MR) is 88.0 cm³/mol. The van der Waals surface area contributed by atoms with E-state index < -0.39 is 72.0 Å². The number of hydrogen-bond donors (Lipinski definition) is 1. The van der Waals surface area contributed by atoms with Crippen LogP contribution in [-0.4, -0.2) is 52.4 Å². The zero-order valence-electron chi connectivity index (χ0n) is 15.8. The molecule has 30 heavy (non-hydrogen) atoms. The van der Waals surface area contributed by atoms with Crippen LogP contribution in [0.5, 0.6) is 0 Å². The van der Waals surface area contributed by atoms with Gasteiger partial charge in [-0.1, -0.05) is 0 Å². The number of nitrogens with one attached hydrogen (secondary N) is 1. The van der Waals surface area contributed by atoms with E-state index in [0.29, 0.717) is 4.57 Å². The predicted octanol–water partition coefficient (Wildman–Crippen LogP) is -0.121. The fraction of sp³-hybridized carbons (Fsp3) is 0.562. The summed E-state index contributed by atoms with van der Waals surface area (Å²) < 4.78 is 60.0. The first-order valence-electron chi connectivity index (χ1n) is 8.37. The number of carbonyl (C=O) groups excluding carboxylic acids is 3. The van der Waals surface area contributed by atoms with E-state index in [4.69, 9.17) is 18.9 Å². The van der Waals surface area contributed by atoms with Crippen LogP contribution in [0.15, 0.2) is 15.8 Å². The van der Waals surface area contributed by atoms with Crippen LogP contribution in [0.4, 0.5) is 13.2 Å². The fourth-order valence-electron chi connectivity index (χ4n) is 2.79. The Morgan fingerprint density at radius 2 is 1.63 bits per heavy atom. The summed E-state index contributed by atoms with van der Waals surface area (Å²) in [4.78, 5) is 59.3. The third-order valence-electron chi connectivity index (χ3n) is 3.89. The van der Waals surface area contributed by atoms with Gasteiger partial charge in [-0.25, -0.2) is 4.79 Å². The molecule has 1 aromatic heterocycles. The molecule has 0 spiro atoms. The number of aromatic nitrogens is 2. The van der Waals surface area contributed by atoms with E-state index in [2.05, 4.69) is 0 Å². The molecule has 1 saturated heterocycles. The Hall–Kier alpha value is -3.16. The van der Waals surface area contributed by atoms with Crippen LogP contribution in [0.3, 0.4) is 0 Å². The van der Waals surface area contributed by atoms with Gasteiger partial charge in [0.25, 0.3) is 5.56 Å². The van der Waals surface area contributed by atoms with Crippen molar-refractivity contribution in [2.75, 3.05) is 6.61 Å². The smallest absolute Gasteiger partial charge is 0.423 e. The zero-order chi connectivity index (χ0) is 22.8. The van der Waals surface area contributed by atoms with Gasteiger partial charge < -0.3 is 18.9 Å². The highest BCUT2D eigenvalue weighted by atomic mass is 19.4. The molecule has 1 aromatic rings. The zero-order valence-corrected chi connectivity index (χ0v) is 15.8. The van der Waals surface area contributed by atoms with Gasteiger partial charge in [0.05, 0.1) is 0 Å². The van der Waals surface area contributed by atoms with Gasteiger partial charge in [-0.2, -0.15) is 13.2 Å². The number of ether oxygens (including phenoxy) is 4. The molecule has 2 heterocycles. The Morgan fingerprint density at radius 3 is 2.13 bits per heavy atom. The topological polar surface area (TPSA) is 143 Å². The summed E-state index contributed by atoms with van der Waals surface area (Å²) in [5.74, 6) is -2.53. The van der Waals surface area contributed by atoms with Crippen molar-refractivity contribution in [3.05, 3.63) is 32.6 Å². The van der Waals surface area contributed by atoms with Crippen molar-refractivity contribution >= 4 is 17.9 Å². The van der Waals surface area contributed by atoms with Gasteiger partial charge in [0.2, 0.25) is 0 Å². The van der Waals surface area contributed by atoms with Gasteiger partial charge in [-0.05, 0) is 0 Å². The number of carbonyl (C=O) groups is 3. The number of H-pyrrole nitrogens is 1. The fourth-order valence-corrected chi connectivity index (χ4v) is 2.79. The number of rotatable bonds is 5. The first-order chi connectivity index (χ1) is 13.8. The molecule has 1 N–H and O–H groups in total. The van der Waals surface area contributed by atoms with Gasteiger partial charge in [0, 0.05) is 27.0 Å². The van der Waals surface area contributed by atoms with E-state index in [-0.39, 0.29) is 6.20 Å². The van der Waals surface area contributed by atoms with E-state index in [1.165, 1.54) is 4.98 Å². The third kappa shape index (κ3) is 5.25. The molecule has 1 fully saturated rings. The normalized spacial score (nSPS) is 23.7. The maximum absolute atomic E-state index is 13.1. The lowest BCUT2D eigenvalue weighted by Crippen LogP contribution is -2.43. The van der Waals surface area contributed by atoms with Crippen LogP contribution in [0, 0.1) is 0 Å². The lowest BCUT2D eigenvalue weighted by atomic mass is 10.1. The van der Waals surface area contributed by atoms with E-state index in [1.54, 1.807) is 0 Å². The van der Waals surface area contributed by atoms with Crippen molar-refractivity contribution in [2.45, 2.75) is 51.5 Å². The molecule has 0 amide bonds. The number of hydrogen-bond acceptors (Lipinski definition) is 9. The first kappa shape index (κ1) is 23.1. The number of aromatic amines is 1. The van der Waals surface area contributed by atoms with Gasteiger partial charge in [-0.15, -0.1) is 0 Å². The second-order valence-corrected chi connectivity index (χ2v) is 6.22. The van der Waals surface area contributed by atoms with Gasteiger partial charge in [0.1, 0.15) is 18.3 Å². The summed E-state index contributed by atoms with van der Waals surface area (Å²) in [6.45, 7) is 2.53. The van der Waals surface area contributed by atoms with Crippen LogP contribution >= 0.6 is 0 Å². The molecule has 2 rings (SSSR count). The lowest BCUT2D eigenvalue weighted by Gasteiger charge is -2.24. The summed E-state index contributed by atoms with van der Waals surface area (Å²) in [7, 11) is 0. The Kier molecular flexibility index (Phi) is 6.70. The molecule has 0 radical (unpaired) electrons. The van der Waals surface area contributed by atoms with Crippen molar-refractivity contribution in [1.82, 2.24) is 9.55 Å². The summed E-state index contributed by atoms with van der Waals surface area (Å²) in [6, 6.07) is 0. The van der Waals surface area contributed by atoms with Crippen LogP contribution in [0.1, 0.15) is 32.6 Å². The van der Waals surface area contributed by atoms with Crippen LogP contribution < -0.4 is 11.2 Å². The number of esters is 3. The third-order valence-corrected chi connectivity index (χ3v) is 3.89. The molecule has 0 aliphatic carbocycles. The molecular weight excluding hydrogens is 421 g/mol. The van der Waals surface area contributed by atoms with Crippen molar-refractivity contribution in [1.29, 1.82) is 0 Å². The summed E-state index contributed by atoms with van der Waals surface area (Å²) >= 11 is 0. The second kappa shape index (κ2) is 8.69. The standard InChI is InChI=1S/C16H17F3N2O9/c1-6(22)27-5-10-11(28-7(2)23)12(29-8(3)24)14(30-10)21-4-9(16(17,18)19)13(25)20-15(21)26/h4,10-12,14H,5H2,1-3H3,(H,20,25,26)/t10-,11?,12?,14-/m0/s1. The van der Waals surface area contributed by atoms with Crippen LogP contribution in [0.2, 0.25) is 0 Å². The minimum Gasteiger partial charge on any atom is -0.463 e. The lowest BCUT2D eigenvalue weighted by molar-refractivity contribution is -0.166. The largest absolute Gasteiger partial charge is 0.463 e. The van der Waals surface area contributed by atoms with Gasteiger partial charge in [-0.3, -0.25) is 28.7 Å². The Morgan fingerprint density at radius 1 is 1.07 bits per heavy atom. The summed E-state index contributed by atoms with van der Waals surface area (Å²) in [6.07, 6.45) is -10.9. The van der Waals surface area contributed by atoms with Crippen molar-refractivity contribution < 1.29 is 46.5 Å². The molecule has 1 aliphatic heterocycles. The van der Waals surface area contributed by atoms with E-state index in [9.17, 15) is 37.1 Å². The molecule has 14 heteroatoms. The minimum atomic E-state index is -5.11. The number of halogens is 3. The van der Waals surface area contributed by atoms with Gasteiger partial charge in [0.15, 0.2) is 18.4 Å². The molecule has 2 unspecified atom stereocenters. The second-order valence-electron chi connectivity index (χ2n) is 6.22. The van der Waals surface area contributed by atoms with Gasteiger partial charge >= 0.3 is 29.8 Å². The quantitative estimate of drug-likeness (QED) is 0.492. The Bertz CT molecular complexity index is 953. The molecule has 0 bridgehead atoms. The molecule has 4 atom stereocenters. The van der Waals surface area contributed by atoms with E-state index >= 15 is 0 Å². The van der Waals surface area contributed by atoms with E-state index in [0.717, 1.165) is 20.8 Å². The maximum Gasteiger partial charge on any atom is 0.423 e. The average Bonchev–Trinajstić information content (AvgIpc) is 2.88. The molecular formula is C16H17F3N2O9. The molecule has 11 nitrogen and oxygen atoms in total. The van der Waals surface area contributed by atoms with Crippen molar-refractivity contribution in [2.24, 2.45) is 0 Å². The highest BCUT2D eigenvalue weighted by molar-refractivity contribution is 5.68. The number of nitrogens with zero attached hydrogens (tertiary/aromatic N) is 1. The molecule has 0 aromatic carbocycles. The van der Waals surface area contributed by atoms with Crippen LogP contribution in [-0.2, 0) is 39.5 Å². The van der Waals surface area contributed by atoms with Crippen molar-refractivity contribution in [3.8, 4) is 0 Å². The van der Waals surface area contributed by atoms with Crippen molar-refractivity contribution in [3.63, 3.8) is 0 Å². The summed E-state index contributed by atoms with van der Waals surface area (Å²) in [5.41, 5.74) is -4.69. The summed E-state index contributed by atoms with van der Waals surface area (Å²) in [5, 5.41) is 0. The average molecular weight is 438 g/mol. The maximum atomic E-state index is 13.1. The van der Waals surface area contributed by atoms with Crippen LogP contribution in [0.25, 0.3) is 0 Å². The molecule has 0 saturated carbocycles. The highest BCUT2D eigenvalue weighted by Gasteiger charge is 2.51. The molecule has 1 aliphatic rings. The highest BCUT2D eigenvalue weighted by Crippen LogP contribution is 2.34. The Balaban J connectivity index is 2.56.